The van der Waals surface area contributed by atoms with E-state index < -0.39 is 41.0 Å². The molecule has 10 heteroatoms. The highest BCUT2D eigenvalue weighted by Crippen LogP contribution is 2.38. The van der Waals surface area contributed by atoms with Crippen molar-refractivity contribution in [3.63, 3.8) is 0 Å². The van der Waals surface area contributed by atoms with Crippen LogP contribution in [0, 0.1) is 5.82 Å². The second-order valence-electron chi connectivity index (χ2n) is 5.55. The van der Waals surface area contributed by atoms with Gasteiger partial charge >= 0.3 is 18.3 Å². The lowest BCUT2D eigenvalue weighted by atomic mass is 10.1. The molecule has 0 amide bonds. The highest BCUT2D eigenvalue weighted by atomic mass is 19.4. The number of hydrogen-bond acceptors (Lipinski definition) is 2. The summed E-state index contributed by atoms with van der Waals surface area (Å²) in [4.78, 5) is 14.6. The summed E-state index contributed by atoms with van der Waals surface area (Å²) in [5.74, 6) is -2.74. The minimum Gasteiger partial charge on any atom is -0.422 e. The Morgan fingerprint density at radius 3 is 2.00 bits per heavy atom. The molecule has 0 fully saturated rings. The van der Waals surface area contributed by atoms with E-state index in [2.05, 4.69) is 9.72 Å². The molecular weight excluding hydrogens is 383 g/mol. The van der Waals surface area contributed by atoms with Gasteiger partial charge in [-0.3, -0.25) is 0 Å². The molecule has 0 aliphatic carbocycles. The normalized spacial score (nSPS) is 12.4. The van der Waals surface area contributed by atoms with Crippen LogP contribution in [0.2, 0.25) is 0 Å². The molecule has 0 aliphatic rings. The van der Waals surface area contributed by atoms with Gasteiger partial charge in [0.1, 0.15) is 17.3 Å². The summed E-state index contributed by atoms with van der Waals surface area (Å²) in [6, 6.07) is 5.17. The number of ether oxygens (including phenoxy) is 1. The number of hydrogen-bond donors (Lipinski definition) is 1. The zero-order valence-corrected chi connectivity index (χ0v) is 13.0. The number of carbonyl (C=O) groups excluding carboxylic acids is 1. The summed E-state index contributed by atoms with van der Waals surface area (Å²) < 4.78 is 94.8. The third kappa shape index (κ3) is 4.04. The number of nitrogens with one attached hydrogen (secondary N) is 1. The average molecular weight is 391 g/mol. The lowest BCUT2D eigenvalue weighted by Crippen LogP contribution is -2.14. The van der Waals surface area contributed by atoms with E-state index >= 15 is 0 Å². The third-order valence-corrected chi connectivity index (χ3v) is 3.57. The lowest BCUT2D eigenvalue weighted by molar-refractivity contribution is -0.143. The van der Waals surface area contributed by atoms with Crippen LogP contribution in [0.15, 0.2) is 42.5 Å². The SMILES string of the molecule is O=C(Oc1cc(C(F)(F)F)cc(C(F)(F)F)c1)c1cc2cc(F)ccc2[nH]1. The third-order valence-electron chi connectivity index (χ3n) is 3.57. The van der Waals surface area contributed by atoms with Crippen LogP contribution in [0.1, 0.15) is 21.6 Å². The number of H-pyrrole nitrogens is 1. The molecule has 1 N–H and O–H groups in total. The quantitative estimate of drug-likeness (QED) is 0.353. The summed E-state index contributed by atoms with van der Waals surface area (Å²) in [5.41, 5.74) is -3.15. The van der Waals surface area contributed by atoms with E-state index in [1.54, 1.807) is 0 Å². The minimum atomic E-state index is -5.07. The van der Waals surface area contributed by atoms with E-state index in [0.717, 1.165) is 12.1 Å². The van der Waals surface area contributed by atoms with Crippen molar-refractivity contribution in [1.29, 1.82) is 0 Å². The van der Waals surface area contributed by atoms with Gasteiger partial charge in [0.25, 0.3) is 0 Å². The molecular formula is C17H8F7NO2. The molecule has 0 saturated heterocycles. The van der Waals surface area contributed by atoms with E-state index in [-0.39, 0.29) is 29.3 Å². The van der Waals surface area contributed by atoms with Crippen molar-refractivity contribution in [2.45, 2.75) is 12.4 Å². The van der Waals surface area contributed by atoms with Crippen molar-refractivity contribution in [1.82, 2.24) is 4.98 Å². The number of rotatable bonds is 2. The molecule has 0 bridgehead atoms. The first-order chi connectivity index (χ1) is 12.4. The van der Waals surface area contributed by atoms with Crippen molar-refractivity contribution in [3.8, 4) is 5.75 Å². The first kappa shape index (κ1) is 18.7. The van der Waals surface area contributed by atoms with Gasteiger partial charge in [0.2, 0.25) is 0 Å². The molecule has 27 heavy (non-hydrogen) atoms. The van der Waals surface area contributed by atoms with Crippen molar-refractivity contribution >= 4 is 16.9 Å². The van der Waals surface area contributed by atoms with Gasteiger partial charge in [0.05, 0.1) is 11.1 Å². The Morgan fingerprint density at radius 2 is 1.44 bits per heavy atom. The highest BCUT2D eigenvalue weighted by Gasteiger charge is 2.37. The van der Waals surface area contributed by atoms with E-state index in [0.29, 0.717) is 5.52 Å². The molecule has 0 unspecified atom stereocenters. The van der Waals surface area contributed by atoms with Crippen LogP contribution in [0.4, 0.5) is 30.7 Å². The van der Waals surface area contributed by atoms with Crippen molar-refractivity contribution in [2.24, 2.45) is 0 Å². The minimum absolute atomic E-state index is 0.0803. The summed E-state index contributed by atoms with van der Waals surface area (Å²) in [6.45, 7) is 0. The molecule has 3 nitrogen and oxygen atoms in total. The summed E-state index contributed by atoms with van der Waals surface area (Å²) in [7, 11) is 0. The second-order valence-corrected chi connectivity index (χ2v) is 5.55. The number of aromatic nitrogens is 1. The molecule has 3 aromatic rings. The van der Waals surface area contributed by atoms with Crippen LogP contribution in [-0.4, -0.2) is 11.0 Å². The Hall–Kier alpha value is -3.04. The number of benzene rings is 2. The molecule has 0 atom stereocenters. The van der Waals surface area contributed by atoms with Gasteiger partial charge < -0.3 is 9.72 Å². The molecule has 0 aliphatic heterocycles. The largest absolute Gasteiger partial charge is 0.422 e. The smallest absolute Gasteiger partial charge is 0.416 e. The van der Waals surface area contributed by atoms with Gasteiger partial charge in [-0.15, -0.1) is 0 Å². The van der Waals surface area contributed by atoms with Crippen LogP contribution in [0.3, 0.4) is 0 Å². The molecule has 0 radical (unpaired) electrons. The Kier molecular flexibility index (Phi) is 4.37. The van der Waals surface area contributed by atoms with Crippen molar-refractivity contribution in [3.05, 3.63) is 65.1 Å². The number of esters is 1. The van der Waals surface area contributed by atoms with Crippen LogP contribution in [-0.2, 0) is 12.4 Å². The Balaban J connectivity index is 1.96. The molecule has 2 aromatic carbocycles. The zero-order valence-electron chi connectivity index (χ0n) is 13.0. The standard InChI is InChI=1S/C17H8F7NO2/c18-11-1-2-13-8(3-11)4-14(25-13)15(26)27-12-6-9(16(19,20)21)5-10(7-12)17(22,23)24/h1-7,25H. The average Bonchev–Trinajstić information content (AvgIpc) is 2.96. The van der Waals surface area contributed by atoms with E-state index in [1.807, 2.05) is 0 Å². The maximum Gasteiger partial charge on any atom is 0.416 e. The van der Waals surface area contributed by atoms with E-state index in [4.69, 9.17) is 0 Å². The number of halogens is 7. The predicted molar refractivity (Wildman–Crippen MR) is 79.7 cm³/mol. The first-order valence-electron chi connectivity index (χ1n) is 7.23. The summed E-state index contributed by atoms with van der Waals surface area (Å²) >= 11 is 0. The Morgan fingerprint density at radius 1 is 0.852 bits per heavy atom. The zero-order chi connectivity index (χ0) is 20.0. The molecule has 3 rings (SSSR count). The molecule has 1 aromatic heterocycles. The molecule has 1 heterocycles. The maximum atomic E-state index is 13.2. The van der Waals surface area contributed by atoms with Gasteiger partial charge in [0.15, 0.2) is 0 Å². The number of alkyl halides is 6. The van der Waals surface area contributed by atoms with Gasteiger partial charge in [0, 0.05) is 10.9 Å². The molecule has 0 spiro atoms. The fourth-order valence-corrected chi connectivity index (χ4v) is 2.36. The van der Waals surface area contributed by atoms with Gasteiger partial charge in [-0.2, -0.15) is 26.3 Å². The van der Waals surface area contributed by atoms with Crippen LogP contribution >= 0.6 is 0 Å². The predicted octanol–water partition coefficient (Wildman–Crippen LogP) is 5.56. The fourth-order valence-electron chi connectivity index (χ4n) is 2.36. The van der Waals surface area contributed by atoms with Gasteiger partial charge in [-0.25, -0.2) is 9.18 Å². The summed E-state index contributed by atoms with van der Waals surface area (Å²) in [6.07, 6.45) is -10.1. The number of carbonyl (C=O) groups is 1. The van der Waals surface area contributed by atoms with Gasteiger partial charge in [-0.1, -0.05) is 0 Å². The highest BCUT2D eigenvalue weighted by molar-refractivity contribution is 5.95. The fraction of sp³-hybridized carbons (Fsp3) is 0.118. The number of fused-ring (bicyclic) bond motifs is 1. The van der Waals surface area contributed by atoms with Crippen molar-refractivity contribution in [2.75, 3.05) is 0 Å². The number of aromatic amines is 1. The van der Waals surface area contributed by atoms with Crippen LogP contribution in [0.25, 0.3) is 10.9 Å². The van der Waals surface area contributed by atoms with E-state index in [9.17, 15) is 35.5 Å². The molecule has 0 saturated carbocycles. The lowest BCUT2D eigenvalue weighted by Gasteiger charge is -2.13. The molecule has 142 valence electrons. The second kappa shape index (κ2) is 6.29. The maximum absolute atomic E-state index is 13.2. The van der Waals surface area contributed by atoms with E-state index in [1.165, 1.54) is 12.1 Å². The topological polar surface area (TPSA) is 42.1 Å². The Bertz CT molecular complexity index is 986. The van der Waals surface area contributed by atoms with Gasteiger partial charge in [-0.05, 0) is 42.5 Å². The Labute approximate surface area is 146 Å². The first-order valence-corrected chi connectivity index (χ1v) is 7.23. The van der Waals surface area contributed by atoms with Crippen LogP contribution in [0.5, 0.6) is 5.75 Å². The summed E-state index contributed by atoms with van der Waals surface area (Å²) in [5, 5.41) is 0.280. The van der Waals surface area contributed by atoms with Crippen molar-refractivity contribution < 1.29 is 40.3 Å². The monoisotopic (exact) mass is 391 g/mol. The van der Waals surface area contributed by atoms with Crippen LogP contribution < -0.4 is 4.74 Å².